The zero-order valence-electron chi connectivity index (χ0n) is 7.49. The molecular weight excluding hydrogens is 146 g/mol. The van der Waals surface area contributed by atoms with Crippen LogP contribution in [0.5, 0.6) is 0 Å². The lowest BCUT2D eigenvalue weighted by Crippen LogP contribution is -1.68. The molecule has 0 spiro atoms. The Morgan fingerprint density at radius 2 is 1.83 bits per heavy atom. The van der Waals surface area contributed by atoms with E-state index in [0.29, 0.717) is 0 Å². The van der Waals surface area contributed by atoms with Gasteiger partial charge >= 0.3 is 0 Å². The van der Waals surface area contributed by atoms with Crippen LogP contribution in [0.1, 0.15) is 13.8 Å². The van der Waals surface area contributed by atoms with E-state index in [0.717, 1.165) is 5.69 Å². The summed E-state index contributed by atoms with van der Waals surface area (Å²) < 4.78 is 0. The SMILES string of the molecule is CC(C)=CC=Nc1ccccc1. The van der Waals surface area contributed by atoms with Crippen LogP contribution in [0.2, 0.25) is 0 Å². The quantitative estimate of drug-likeness (QED) is 0.587. The van der Waals surface area contributed by atoms with Crippen molar-refractivity contribution in [1.29, 1.82) is 0 Å². The lowest BCUT2D eigenvalue weighted by molar-refractivity contribution is 1.40. The molecule has 0 aliphatic rings. The zero-order chi connectivity index (χ0) is 8.81. The first-order chi connectivity index (χ1) is 5.79. The number of rotatable bonds is 2. The van der Waals surface area contributed by atoms with E-state index in [9.17, 15) is 0 Å². The van der Waals surface area contributed by atoms with Crippen LogP contribution in [-0.2, 0) is 0 Å². The lowest BCUT2D eigenvalue weighted by Gasteiger charge is -1.88. The van der Waals surface area contributed by atoms with Crippen molar-refractivity contribution in [2.45, 2.75) is 13.8 Å². The van der Waals surface area contributed by atoms with E-state index < -0.39 is 0 Å². The van der Waals surface area contributed by atoms with E-state index in [2.05, 4.69) is 18.8 Å². The van der Waals surface area contributed by atoms with Crippen molar-refractivity contribution >= 4 is 11.9 Å². The van der Waals surface area contributed by atoms with E-state index in [-0.39, 0.29) is 0 Å². The Hall–Kier alpha value is -1.37. The van der Waals surface area contributed by atoms with Crippen molar-refractivity contribution in [3.63, 3.8) is 0 Å². The predicted octanol–water partition coefficient (Wildman–Crippen LogP) is 3.36. The van der Waals surface area contributed by atoms with E-state index in [1.165, 1.54) is 5.57 Å². The molecule has 1 rings (SSSR count). The normalized spacial score (nSPS) is 10.2. The predicted molar refractivity (Wildman–Crippen MR) is 54.0 cm³/mol. The van der Waals surface area contributed by atoms with Crippen LogP contribution in [-0.4, -0.2) is 6.21 Å². The minimum Gasteiger partial charge on any atom is -0.257 e. The second-order valence-electron chi connectivity index (χ2n) is 2.86. The van der Waals surface area contributed by atoms with Gasteiger partial charge in [-0.2, -0.15) is 0 Å². The molecule has 0 heterocycles. The summed E-state index contributed by atoms with van der Waals surface area (Å²) in [5, 5.41) is 0. The third-order valence-electron chi connectivity index (χ3n) is 1.39. The maximum atomic E-state index is 4.24. The molecule has 0 bridgehead atoms. The van der Waals surface area contributed by atoms with Gasteiger partial charge in [-0.25, -0.2) is 0 Å². The Kier molecular flexibility index (Phi) is 3.27. The van der Waals surface area contributed by atoms with Gasteiger partial charge in [0, 0.05) is 6.21 Å². The molecule has 1 nitrogen and oxygen atoms in total. The fraction of sp³-hybridized carbons (Fsp3) is 0.182. The van der Waals surface area contributed by atoms with Crippen molar-refractivity contribution in [2.75, 3.05) is 0 Å². The monoisotopic (exact) mass is 159 g/mol. The van der Waals surface area contributed by atoms with Gasteiger partial charge in [0.1, 0.15) is 0 Å². The fourth-order valence-corrected chi connectivity index (χ4v) is 0.786. The van der Waals surface area contributed by atoms with Crippen LogP contribution in [0.25, 0.3) is 0 Å². The number of hydrogen-bond acceptors (Lipinski definition) is 1. The fourth-order valence-electron chi connectivity index (χ4n) is 0.786. The number of allylic oxidation sites excluding steroid dienone is 2. The summed E-state index contributed by atoms with van der Waals surface area (Å²) in [6.45, 7) is 4.11. The molecule has 1 aromatic rings. The molecule has 0 aromatic heterocycles. The van der Waals surface area contributed by atoms with Gasteiger partial charge in [-0.1, -0.05) is 23.8 Å². The molecule has 0 unspecified atom stereocenters. The Labute approximate surface area is 73.5 Å². The highest BCUT2D eigenvalue weighted by Gasteiger charge is 1.80. The highest BCUT2D eigenvalue weighted by molar-refractivity contribution is 5.75. The van der Waals surface area contributed by atoms with Gasteiger partial charge in [-0.05, 0) is 32.1 Å². The van der Waals surface area contributed by atoms with Crippen LogP contribution in [0, 0.1) is 0 Å². The molecule has 0 atom stereocenters. The van der Waals surface area contributed by atoms with Gasteiger partial charge in [0.25, 0.3) is 0 Å². The molecular formula is C11H13N. The van der Waals surface area contributed by atoms with Crippen molar-refractivity contribution in [3.05, 3.63) is 42.0 Å². The van der Waals surface area contributed by atoms with E-state index in [1.54, 1.807) is 0 Å². The molecule has 0 saturated carbocycles. The average molecular weight is 159 g/mol. The molecule has 0 amide bonds. The molecule has 0 aliphatic carbocycles. The Morgan fingerprint density at radius 1 is 1.17 bits per heavy atom. The van der Waals surface area contributed by atoms with Gasteiger partial charge in [0.2, 0.25) is 0 Å². The molecule has 1 aromatic carbocycles. The molecule has 0 aliphatic heterocycles. The molecule has 12 heavy (non-hydrogen) atoms. The maximum absolute atomic E-state index is 4.24. The Bertz CT molecular complexity index is 279. The first-order valence-electron chi connectivity index (χ1n) is 4.01. The Balaban J connectivity index is 2.64. The van der Waals surface area contributed by atoms with Crippen molar-refractivity contribution in [1.82, 2.24) is 0 Å². The number of para-hydroxylation sites is 1. The van der Waals surface area contributed by atoms with E-state index in [1.807, 2.05) is 42.6 Å². The van der Waals surface area contributed by atoms with Gasteiger partial charge < -0.3 is 0 Å². The minimum absolute atomic E-state index is 0.995. The van der Waals surface area contributed by atoms with Gasteiger partial charge in [0.15, 0.2) is 0 Å². The highest BCUT2D eigenvalue weighted by Crippen LogP contribution is 2.08. The largest absolute Gasteiger partial charge is 0.257 e. The van der Waals surface area contributed by atoms with Gasteiger partial charge in [-0.3, -0.25) is 4.99 Å². The summed E-state index contributed by atoms with van der Waals surface area (Å²) in [6.07, 6.45) is 3.82. The lowest BCUT2D eigenvalue weighted by atomic mass is 10.3. The summed E-state index contributed by atoms with van der Waals surface area (Å²) in [7, 11) is 0. The number of nitrogens with zero attached hydrogens (tertiary/aromatic N) is 1. The van der Waals surface area contributed by atoms with Crippen LogP contribution >= 0.6 is 0 Å². The molecule has 1 heteroatoms. The topological polar surface area (TPSA) is 12.4 Å². The summed E-state index contributed by atoms with van der Waals surface area (Å²) in [5.41, 5.74) is 2.25. The second kappa shape index (κ2) is 4.50. The summed E-state index contributed by atoms with van der Waals surface area (Å²) in [4.78, 5) is 4.24. The standard InChI is InChI=1S/C11H13N/c1-10(2)8-9-12-11-6-4-3-5-7-11/h3-9H,1-2H3. The summed E-state index contributed by atoms with van der Waals surface area (Å²) >= 11 is 0. The third-order valence-corrected chi connectivity index (χ3v) is 1.39. The molecule has 0 N–H and O–H groups in total. The van der Waals surface area contributed by atoms with Crippen LogP contribution in [0.15, 0.2) is 47.0 Å². The second-order valence-corrected chi connectivity index (χ2v) is 2.86. The van der Waals surface area contributed by atoms with Crippen molar-refractivity contribution in [3.8, 4) is 0 Å². The molecule has 0 radical (unpaired) electrons. The first kappa shape index (κ1) is 8.72. The number of benzene rings is 1. The van der Waals surface area contributed by atoms with Crippen molar-refractivity contribution in [2.24, 2.45) is 4.99 Å². The average Bonchev–Trinajstić information content (AvgIpc) is 2.05. The van der Waals surface area contributed by atoms with E-state index in [4.69, 9.17) is 0 Å². The first-order valence-corrected chi connectivity index (χ1v) is 4.01. The van der Waals surface area contributed by atoms with Crippen LogP contribution in [0.4, 0.5) is 5.69 Å². The van der Waals surface area contributed by atoms with E-state index >= 15 is 0 Å². The van der Waals surface area contributed by atoms with Gasteiger partial charge in [-0.15, -0.1) is 0 Å². The smallest absolute Gasteiger partial charge is 0.0629 e. The summed E-state index contributed by atoms with van der Waals surface area (Å²) in [6, 6.07) is 9.91. The van der Waals surface area contributed by atoms with Crippen LogP contribution < -0.4 is 0 Å². The number of aliphatic imine (C=N–C) groups is 1. The summed E-state index contributed by atoms with van der Waals surface area (Å²) in [5.74, 6) is 0. The highest BCUT2D eigenvalue weighted by atomic mass is 14.7. The Morgan fingerprint density at radius 3 is 2.42 bits per heavy atom. The molecule has 0 fully saturated rings. The molecule has 62 valence electrons. The van der Waals surface area contributed by atoms with Gasteiger partial charge in [0.05, 0.1) is 5.69 Å². The zero-order valence-corrected chi connectivity index (χ0v) is 7.49. The number of hydrogen-bond donors (Lipinski definition) is 0. The maximum Gasteiger partial charge on any atom is 0.0629 e. The van der Waals surface area contributed by atoms with Crippen molar-refractivity contribution < 1.29 is 0 Å². The molecule has 0 saturated heterocycles. The van der Waals surface area contributed by atoms with Crippen LogP contribution in [0.3, 0.4) is 0 Å². The third kappa shape index (κ3) is 3.15. The minimum atomic E-state index is 0.995.